The molecule has 0 saturated heterocycles. The van der Waals surface area contributed by atoms with Gasteiger partial charge < -0.3 is 9.84 Å². The van der Waals surface area contributed by atoms with Crippen LogP contribution in [0.25, 0.3) is 0 Å². The molecule has 0 saturated carbocycles. The van der Waals surface area contributed by atoms with Crippen molar-refractivity contribution in [2.45, 2.75) is 38.5 Å². The Hall–Kier alpha value is -3.18. The van der Waals surface area contributed by atoms with Gasteiger partial charge in [0.1, 0.15) is 10.5 Å². The lowest BCUT2D eigenvalue weighted by atomic mass is 10.1. The van der Waals surface area contributed by atoms with Crippen LogP contribution in [0.5, 0.6) is 0 Å². The highest BCUT2D eigenvalue weighted by molar-refractivity contribution is 7.89. The van der Waals surface area contributed by atoms with Crippen LogP contribution in [0.4, 0.5) is 0 Å². The zero-order valence-electron chi connectivity index (χ0n) is 16.8. The van der Waals surface area contributed by atoms with Gasteiger partial charge in [-0.05, 0) is 31.9 Å². The van der Waals surface area contributed by atoms with Gasteiger partial charge in [0.2, 0.25) is 10.0 Å². The fourth-order valence-corrected chi connectivity index (χ4v) is 4.24. The Kier molecular flexibility index (Phi) is 7.00. The number of primary sulfonamides is 1. The number of ether oxygens (including phenoxy) is 1. The van der Waals surface area contributed by atoms with E-state index in [-0.39, 0.29) is 47.5 Å². The van der Waals surface area contributed by atoms with Crippen LogP contribution in [0.15, 0.2) is 29.2 Å². The van der Waals surface area contributed by atoms with Crippen molar-refractivity contribution < 1.29 is 32.6 Å². The number of carbonyl (C=O) groups is 3. The van der Waals surface area contributed by atoms with Gasteiger partial charge in [-0.2, -0.15) is 0 Å². The van der Waals surface area contributed by atoms with Crippen LogP contribution in [0.3, 0.4) is 0 Å². The Bertz CT molecular complexity index is 1100. The number of amides is 1. The van der Waals surface area contributed by atoms with Crippen molar-refractivity contribution >= 4 is 27.9 Å². The summed E-state index contributed by atoms with van der Waals surface area (Å²) in [6, 6.07) is 5.57. The zero-order chi connectivity index (χ0) is 22.6. The molecule has 2 rings (SSSR count). The highest BCUT2D eigenvalue weighted by Gasteiger charge is 2.33. The maximum atomic E-state index is 12.8. The number of nitrogens with zero attached hydrogens (tertiary/aromatic N) is 1. The molecule has 0 aliphatic carbocycles. The van der Waals surface area contributed by atoms with E-state index in [0.29, 0.717) is 0 Å². The fraction of sp³-hybridized carbons (Fsp3) is 0.316. The summed E-state index contributed by atoms with van der Waals surface area (Å²) >= 11 is 0. The smallest absolute Gasteiger partial charge is 0.341 e. The van der Waals surface area contributed by atoms with E-state index in [9.17, 15) is 27.9 Å². The van der Waals surface area contributed by atoms with E-state index in [1.807, 2.05) is 0 Å². The normalized spacial score (nSPS) is 11.2. The molecule has 0 aliphatic heterocycles. The molecular weight excluding hydrogens is 414 g/mol. The number of nitrogens with two attached hydrogens (primary N) is 1. The van der Waals surface area contributed by atoms with Crippen molar-refractivity contribution in [1.29, 1.82) is 0 Å². The second-order valence-corrected chi connectivity index (χ2v) is 7.70. The highest BCUT2D eigenvalue weighted by Crippen LogP contribution is 2.28. The predicted molar refractivity (Wildman–Crippen MR) is 108 cm³/mol. The third kappa shape index (κ3) is 4.36. The van der Waals surface area contributed by atoms with E-state index in [0.717, 1.165) is 0 Å². The Balaban J connectivity index is 2.73. The van der Waals surface area contributed by atoms with Crippen LogP contribution in [-0.2, 0) is 27.6 Å². The van der Waals surface area contributed by atoms with E-state index in [1.165, 1.54) is 28.9 Å². The number of nitrogens with one attached hydrogen (secondary N) is 1. The van der Waals surface area contributed by atoms with Crippen LogP contribution in [0.1, 0.15) is 63.2 Å². The molecule has 11 heteroatoms. The number of carbonyl (C=O) groups excluding carboxylic acids is 2. The van der Waals surface area contributed by atoms with Crippen LogP contribution in [0.2, 0.25) is 0 Å². The quantitative estimate of drug-likeness (QED) is 0.528. The van der Waals surface area contributed by atoms with Gasteiger partial charge in [-0.15, -0.1) is 0 Å². The average Bonchev–Trinajstić information content (AvgIpc) is 3.01. The predicted octanol–water partition coefficient (Wildman–Crippen LogP) is 1.52. The minimum atomic E-state index is -4.34. The standard InChI is InChI=1S/C19H23N3O7S/c1-4-13-15(19(26)29-6-3)16(30(20,27)28)14(5-2)22(13)21-17(23)11-9-7-8-10-12(11)18(24)25/h7-10H,4-6H2,1-3H3,(H,21,23)(H,24,25)(H2,20,27,28). The second kappa shape index (κ2) is 9.09. The minimum absolute atomic E-state index is 0.0109. The largest absolute Gasteiger partial charge is 0.478 e. The lowest BCUT2D eigenvalue weighted by Crippen LogP contribution is -2.28. The van der Waals surface area contributed by atoms with E-state index in [4.69, 9.17) is 9.88 Å². The van der Waals surface area contributed by atoms with Crippen LogP contribution < -0.4 is 10.6 Å². The monoisotopic (exact) mass is 437 g/mol. The van der Waals surface area contributed by atoms with Crippen molar-refractivity contribution in [2.24, 2.45) is 5.14 Å². The molecular formula is C19H23N3O7S. The molecule has 10 nitrogen and oxygen atoms in total. The number of aromatic carboxylic acids is 1. The molecule has 1 amide bonds. The third-order valence-corrected chi connectivity index (χ3v) is 5.38. The lowest BCUT2D eigenvalue weighted by molar-refractivity contribution is 0.0520. The first-order valence-electron chi connectivity index (χ1n) is 9.18. The third-order valence-electron chi connectivity index (χ3n) is 4.37. The summed E-state index contributed by atoms with van der Waals surface area (Å²) in [5.74, 6) is -2.96. The number of esters is 1. The maximum absolute atomic E-state index is 12.8. The van der Waals surface area contributed by atoms with Gasteiger partial charge in [0.25, 0.3) is 5.91 Å². The van der Waals surface area contributed by atoms with Gasteiger partial charge in [0.05, 0.1) is 29.1 Å². The van der Waals surface area contributed by atoms with Crippen molar-refractivity contribution in [3.05, 3.63) is 52.3 Å². The van der Waals surface area contributed by atoms with E-state index in [1.54, 1.807) is 20.8 Å². The Morgan fingerprint density at radius 2 is 1.63 bits per heavy atom. The van der Waals surface area contributed by atoms with Gasteiger partial charge >= 0.3 is 11.9 Å². The van der Waals surface area contributed by atoms with Gasteiger partial charge in [-0.3, -0.25) is 14.9 Å². The average molecular weight is 437 g/mol. The van der Waals surface area contributed by atoms with Gasteiger partial charge in [0, 0.05) is 0 Å². The molecule has 4 N–H and O–H groups in total. The lowest BCUT2D eigenvalue weighted by Gasteiger charge is -2.15. The summed E-state index contributed by atoms with van der Waals surface area (Å²) in [6.45, 7) is 4.88. The van der Waals surface area contributed by atoms with Crippen molar-refractivity contribution in [3.8, 4) is 0 Å². The molecule has 2 aromatic rings. The number of hydrogen-bond donors (Lipinski definition) is 3. The minimum Gasteiger partial charge on any atom is -0.478 e. The first-order valence-corrected chi connectivity index (χ1v) is 10.7. The summed E-state index contributed by atoms with van der Waals surface area (Å²) in [4.78, 5) is 36.4. The van der Waals surface area contributed by atoms with Crippen molar-refractivity contribution in [2.75, 3.05) is 12.0 Å². The van der Waals surface area contributed by atoms with Gasteiger partial charge in [-0.25, -0.2) is 23.1 Å². The number of aromatic nitrogens is 1. The van der Waals surface area contributed by atoms with Crippen LogP contribution >= 0.6 is 0 Å². The number of benzene rings is 1. The maximum Gasteiger partial charge on any atom is 0.341 e. The Morgan fingerprint density at radius 3 is 2.10 bits per heavy atom. The fourth-order valence-electron chi connectivity index (χ4n) is 3.19. The molecule has 30 heavy (non-hydrogen) atoms. The SMILES string of the molecule is CCOC(=O)c1c(S(N)(=O)=O)c(CC)n(NC(=O)c2ccccc2C(=O)O)c1CC. The molecule has 1 heterocycles. The van der Waals surface area contributed by atoms with E-state index in [2.05, 4.69) is 5.43 Å². The molecule has 0 unspecified atom stereocenters. The number of rotatable bonds is 8. The van der Waals surface area contributed by atoms with Crippen molar-refractivity contribution in [1.82, 2.24) is 4.68 Å². The molecule has 1 aromatic heterocycles. The highest BCUT2D eigenvalue weighted by atomic mass is 32.2. The van der Waals surface area contributed by atoms with Crippen molar-refractivity contribution in [3.63, 3.8) is 0 Å². The van der Waals surface area contributed by atoms with Crippen LogP contribution in [-0.4, -0.2) is 42.7 Å². The summed E-state index contributed by atoms with van der Waals surface area (Å²) in [5, 5.41) is 14.7. The molecule has 162 valence electrons. The number of carboxylic acids is 1. The topological polar surface area (TPSA) is 158 Å². The summed E-state index contributed by atoms with van der Waals surface area (Å²) < 4.78 is 30.7. The molecule has 0 atom stereocenters. The Labute approximate surface area is 173 Å². The first-order chi connectivity index (χ1) is 14.1. The number of sulfonamides is 1. The number of carboxylic acid groups (broad SMARTS) is 1. The number of hydrogen-bond acceptors (Lipinski definition) is 6. The van der Waals surface area contributed by atoms with Gasteiger partial charge in [-0.1, -0.05) is 26.0 Å². The molecule has 0 radical (unpaired) electrons. The Morgan fingerprint density at radius 1 is 1.07 bits per heavy atom. The van der Waals surface area contributed by atoms with E-state index < -0.39 is 32.8 Å². The summed E-state index contributed by atoms with van der Waals surface area (Å²) in [7, 11) is -4.34. The summed E-state index contributed by atoms with van der Waals surface area (Å²) in [5.41, 5.74) is 2.17. The summed E-state index contributed by atoms with van der Waals surface area (Å²) in [6.07, 6.45) is 0.274. The molecule has 0 spiro atoms. The first kappa shape index (κ1) is 23.1. The zero-order valence-corrected chi connectivity index (χ0v) is 17.6. The molecule has 0 aliphatic rings. The van der Waals surface area contributed by atoms with Gasteiger partial charge in [0.15, 0.2) is 0 Å². The molecule has 0 bridgehead atoms. The van der Waals surface area contributed by atoms with Crippen LogP contribution in [0, 0.1) is 0 Å². The van der Waals surface area contributed by atoms with E-state index >= 15 is 0 Å². The molecule has 0 fully saturated rings. The second-order valence-electron chi connectivity index (χ2n) is 6.20. The molecule has 1 aromatic carbocycles.